The summed E-state index contributed by atoms with van der Waals surface area (Å²) in [5.74, 6) is -0.200. The van der Waals surface area contributed by atoms with Crippen molar-refractivity contribution in [3.8, 4) is 0 Å². The van der Waals surface area contributed by atoms with Gasteiger partial charge in [-0.05, 0) is 25.8 Å². The number of amides is 2. The molecular weight excluding hydrogens is 310 g/mol. The van der Waals surface area contributed by atoms with Crippen LogP contribution in [0.5, 0.6) is 0 Å². The Morgan fingerprint density at radius 2 is 2.08 bits per heavy atom. The molecule has 0 saturated heterocycles. The molecule has 8 nitrogen and oxygen atoms in total. The molecular formula is C16H23N5O3. The molecule has 2 amide bonds. The highest BCUT2D eigenvalue weighted by Gasteiger charge is 2.08. The number of ether oxygens (including phenoxy) is 1. The van der Waals surface area contributed by atoms with E-state index in [-0.39, 0.29) is 12.0 Å². The summed E-state index contributed by atoms with van der Waals surface area (Å²) in [5, 5.41) is 10.8. The summed E-state index contributed by atoms with van der Waals surface area (Å²) in [6, 6.07) is 1.59. The van der Waals surface area contributed by atoms with Gasteiger partial charge in [-0.1, -0.05) is 6.42 Å². The maximum Gasteiger partial charge on any atom is 0.319 e. The summed E-state index contributed by atoms with van der Waals surface area (Å²) in [6.45, 7) is 2.46. The third-order valence-electron chi connectivity index (χ3n) is 3.69. The van der Waals surface area contributed by atoms with Gasteiger partial charge in [0.2, 0.25) is 0 Å². The number of carbonyl (C=O) groups excluding carboxylic acids is 2. The van der Waals surface area contributed by atoms with Crippen molar-refractivity contribution >= 4 is 28.7 Å². The molecule has 8 heteroatoms. The third-order valence-corrected chi connectivity index (χ3v) is 3.69. The zero-order valence-electron chi connectivity index (χ0n) is 14.3. The summed E-state index contributed by atoms with van der Waals surface area (Å²) in [6.07, 6.45) is 4.45. The Balaban J connectivity index is 1.74. The van der Waals surface area contributed by atoms with Crippen LogP contribution in [0, 0.1) is 6.92 Å². The maximum absolute atomic E-state index is 11.9. The molecule has 2 aromatic heterocycles. The van der Waals surface area contributed by atoms with Crippen molar-refractivity contribution in [3.63, 3.8) is 0 Å². The van der Waals surface area contributed by atoms with E-state index in [9.17, 15) is 9.59 Å². The van der Waals surface area contributed by atoms with Gasteiger partial charge in [-0.15, -0.1) is 0 Å². The Labute approximate surface area is 140 Å². The van der Waals surface area contributed by atoms with Crippen molar-refractivity contribution in [2.45, 2.75) is 32.6 Å². The Bertz CT molecular complexity index is 726. The van der Waals surface area contributed by atoms with Gasteiger partial charge in [0.05, 0.1) is 24.7 Å². The number of urea groups is 1. The highest BCUT2D eigenvalue weighted by molar-refractivity contribution is 5.91. The van der Waals surface area contributed by atoms with Gasteiger partial charge < -0.3 is 15.4 Å². The molecule has 0 saturated carbocycles. The summed E-state index contributed by atoms with van der Waals surface area (Å²) in [7, 11) is 3.22. The van der Waals surface area contributed by atoms with Crippen molar-refractivity contribution in [1.82, 2.24) is 20.1 Å². The number of rotatable bonds is 7. The van der Waals surface area contributed by atoms with Crippen LogP contribution in [0.2, 0.25) is 0 Å². The Kier molecular flexibility index (Phi) is 6.11. The first-order valence-corrected chi connectivity index (χ1v) is 7.92. The fourth-order valence-electron chi connectivity index (χ4n) is 2.43. The predicted molar refractivity (Wildman–Crippen MR) is 90.8 cm³/mol. The molecule has 24 heavy (non-hydrogen) atoms. The first-order valence-electron chi connectivity index (χ1n) is 7.92. The van der Waals surface area contributed by atoms with Crippen LogP contribution < -0.4 is 10.6 Å². The fourth-order valence-corrected chi connectivity index (χ4v) is 2.43. The lowest BCUT2D eigenvalue weighted by Gasteiger charge is -2.07. The number of hydrogen-bond donors (Lipinski definition) is 2. The van der Waals surface area contributed by atoms with Gasteiger partial charge in [0.25, 0.3) is 0 Å². The minimum atomic E-state index is -0.273. The van der Waals surface area contributed by atoms with Crippen molar-refractivity contribution < 1.29 is 14.3 Å². The number of unbranched alkanes of at least 4 members (excludes halogenated alkanes) is 2. The topological polar surface area (TPSA) is 98.1 Å². The molecule has 0 aromatic carbocycles. The van der Waals surface area contributed by atoms with E-state index in [1.807, 2.05) is 20.0 Å². The Hall–Kier alpha value is -2.64. The number of fused-ring (bicyclic) bond motifs is 1. The third kappa shape index (κ3) is 4.68. The van der Waals surface area contributed by atoms with Crippen LogP contribution in [-0.4, -0.2) is 40.4 Å². The van der Waals surface area contributed by atoms with Crippen LogP contribution in [0.15, 0.2) is 12.3 Å². The van der Waals surface area contributed by atoms with Gasteiger partial charge in [-0.3, -0.25) is 9.48 Å². The number of aromatic nitrogens is 3. The quantitative estimate of drug-likeness (QED) is 0.597. The van der Waals surface area contributed by atoms with E-state index in [1.165, 1.54) is 7.11 Å². The first kappa shape index (κ1) is 17.7. The van der Waals surface area contributed by atoms with Crippen molar-refractivity contribution in [2.75, 3.05) is 19.0 Å². The number of hydrogen-bond acceptors (Lipinski definition) is 5. The minimum Gasteiger partial charge on any atom is -0.469 e. The first-order chi connectivity index (χ1) is 11.5. The lowest BCUT2D eigenvalue weighted by molar-refractivity contribution is -0.140. The molecule has 0 fully saturated rings. The summed E-state index contributed by atoms with van der Waals surface area (Å²) >= 11 is 0. The molecule has 0 bridgehead atoms. The Morgan fingerprint density at radius 3 is 2.83 bits per heavy atom. The van der Waals surface area contributed by atoms with Gasteiger partial charge in [0, 0.05) is 25.4 Å². The highest BCUT2D eigenvalue weighted by Crippen LogP contribution is 2.19. The van der Waals surface area contributed by atoms with Gasteiger partial charge in [0.15, 0.2) is 5.65 Å². The molecule has 2 aromatic rings. The molecule has 0 aliphatic carbocycles. The minimum absolute atomic E-state index is 0.200. The predicted octanol–water partition coefficient (Wildman–Crippen LogP) is 2.13. The second kappa shape index (κ2) is 8.28. The largest absolute Gasteiger partial charge is 0.469 e. The van der Waals surface area contributed by atoms with Gasteiger partial charge in [-0.25, -0.2) is 9.78 Å². The molecule has 0 unspecified atom stereocenters. The smallest absolute Gasteiger partial charge is 0.319 e. The average Bonchev–Trinajstić information content (AvgIpc) is 2.84. The molecule has 2 heterocycles. The second-order valence-electron chi connectivity index (χ2n) is 5.57. The van der Waals surface area contributed by atoms with Crippen LogP contribution in [0.4, 0.5) is 10.5 Å². The number of anilines is 1. The highest BCUT2D eigenvalue weighted by atomic mass is 16.5. The molecule has 2 N–H and O–H groups in total. The van der Waals surface area contributed by atoms with Crippen LogP contribution in [0.3, 0.4) is 0 Å². The van der Waals surface area contributed by atoms with Crippen molar-refractivity contribution in [2.24, 2.45) is 7.05 Å². The van der Waals surface area contributed by atoms with E-state index in [0.717, 1.165) is 36.0 Å². The zero-order valence-corrected chi connectivity index (χ0v) is 14.3. The van der Waals surface area contributed by atoms with Gasteiger partial charge in [0.1, 0.15) is 0 Å². The number of esters is 1. The summed E-state index contributed by atoms with van der Waals surface area (Å²) in [5.41, 5.74) is 2.28. The number of nitrogens with one attached hydrogen (secondary N) is 2. The van der Waals surface area contributed by atoms with E-state index in [0.29, 0.717) is 18.7 Å². The molecule has 0 atom stereocenters. The van der Waals surface area contributed by atoms with Crippen LogP contribution in [0.1, 0.15) is 31.4 Å². The maximum atomic E-state index is 11.9. The monoisotopic (exact) mass is 333 g/mol. The number of carbonyl (C=O) groups is 2. The molecule has 130 valence electrons. The zero-order chi connectivity index (χ0) is 17.5. The number of nitrogens with zero attached hydrogens (tertiary/aromatic N) is 3. The number of methoxy groups -OCH3 is 1. The molecule has 0 aliphatic rings. The average molecular weight is 333 g/mol. The Morgan fingerprint density at radius 1 is 1.29 bits per heavy atom. The van der Waals surface area contributed by atoms with Gasteiger partial charge in [-0.2, -0.15) is 5.10 Å². The van der Waals surface area contributed by atoms with Crippen molar-refractivity contribution in [3.05, 3.63) is 18.0 Å². The number of pyridine rings is 1. The fraction of sp³-hybridized carbons (Fsp3) is 0.500. The lowest BCUT2D eigenvalue weighted by atomic mass is 10.2. The molecule has 0 aliphatic heterocycles. The van der Waals surface area contributed by atoms with E-state index < -0.39 is 0 Å². The van der Waals surface area contributed by atoms with E-state index in [1.54, 1.807) is 10.9 Å². The van der Waals surface area contributed by atoms with Crippen LogP contribution >= 0.6 is 0 Å². The van der Waals surface area contributed by atoms with Crippen LogP contribution in [-0.2, 0) is 16.6 Å². The molecule has 2 rings (SSSR count). The molecule has 0 spiro atoms. The standard InChI is InChI=1S/C16H23N5O3/c1-11-13-9-12(10-18-15(13)21(2)20-11)19-16(23)17-8-6-4-5-7-14(22)24-3/h9-10H,4-8H2,1-3H3,(H2,17,19,23). The van der Waals surface area contributed by atoms with E-state index in [2.05, 4.69) is 25.5 Å². The number of aryl methyl sites for hydroxylation is 2. The van der Waals surface area contributed by atoms with Crippen LogP contribution in [0.25, 0.3) is 11.0 Å². The second-order valence-corrected chi connectivity index (χ2v) is 5.57. The van der Waals surface area contributed by atoms with E-state index in [4.69, 9.17) is 0 Å². The molecule has 0 radical (unpaired) electrons. The lowest BCUT2D eigenvalue weighted by Crippen LogP contribution is -2.29. The van der Waals surface area contributed by atoms with Gasteiger partial charge >= 0.3 is 12.0 Å². The SMILES string of the molecule is COC(=O)CCCCCNC(=O)Nc1cnc2c(c1)c(C)nn2C. The summed E-state index contributed by atoms with van der Waals surface area (Å²) in [4.78, 5) is 27.2. The van der Waals surface area contributed by atoms with E-state index >= 15 is 0 Å². The van der Waals surface area contributed by atoms with Crippen molar-refractivity contribution in [1.29, 1.82) is 0 Å². The summed E-state index contributed by atoms with van der Waals surface area (Å²) < 4.78 is 6.28. The normalized spacial score (nSPS) is 10.6.